The first-order chi connectivity index (χ1) is 17.7. The number of ether oxygens (including phenoxy) is 2. The van der Waals surface area contributed by atoms with Crippen molar-refractivity contribution in [3.05, 3.63) is 66.2 Å². The number of nitrogens with two attached hydrogens (primary N) is 1. The van der Waals surface area contributed by atoms with Crippen molar-refractivity contribution in [3.63, 3.8) is 0 Å². The minimum atomic E-state index is -0.551. The lowest BCUT2D eigenvalue weighted by molar-refractivity contribution is 0.0179. The first-order valence-corrected chi connectivity index (χ1v) is 12.3. The maximum atomic E-state index is 12.8. The molecule has 2 aromatic heterocycles. The molecule has 10 nitrogen and oxygen atoms in total. The summed E-state index contributed by atoms with van der Waals surface area (Å²) in [6.45, 7) is 6.30. The summed E-state index contributed by atoms with van der Waals surface area (Å²) in [7, 11) is 0. The van der Waals surface area contributed by atoms with Crippen molar-refractivity contribution >= 4 is 23.4 Å². The third kappa shape index (κ3) is 5.32. The Hall–Kier alpha value is -4.21. The molecule has 1 amide bonds. The molecule has 4 N–H and O–H groups in total. The zero-order chi connectivity index (χ0) is 26.2. The third-order valence-corrected chi connectivity index (χ3v) is 6.59. The van der Waals surface area contributed by atoms with Crippen LogP contribution in [0.15, 0.2) is 55.1 Å². The standard InChI is InChI=1S/C27H31N7O3/c1-27(2,3)37-26(35)34-14-16-12-20(21(34)13-16)33-25-22(24(29)31-15-32-25)23(28)17-4-6-18(7-5-17)36-19-8-10-30-11-9-19/h4-11,15-16,20-21,28H,12-14H2,1-3H3,(H3,29,31,32,33). The van der Waals surface area contributed by atoms with Crippen LogP contribution in [0.2, 0.25) is 0 Å². The third-order valence-electron chi connectivity index (χ3n) is 6.59. The molecular weight excluding hydrogens is 470 g/mol. The number of piperidine rings is 1. The van der Waals surface area contributed by atoms with E-state index in [-0.39, 0.29) is 29.7 Å². The van der Waals surface area contributed by atoms with Gasteiger partial charge in [-0.25, -0.2) is 14.8 Å². The first kappa shape index (κ1) is 24.5. The van der Waals surface area contributed by atoms with Crippen molar-refractivity contribution in [1.29, 1.82) is 5.41 Å². The van der Waals surface area contributed by atoms with Gasteiger partial charge in [-0.2, -0.15) is 0 Å². The number of anilines is 2. The largest absolute Gasteiger partial charge is 0.457 e. The summed E-state index contributed by atoms with van der Waals surface area (Å²) in [5.41, 5.74) is 6.96. The number of benzene rings is 1. The summed E-state index contributed by atoms with van der Waals surface area (Å²) in [4.78, 5) is 27.2. The van der Waals surface area contributed by atoms with E-state index in [1.54, 1.807) is 48.8 Å². The smallest absolute Gasteiger partial charge is 0.410 e. The van der Waals surface area contributed by atoms with Crippen LogP contribution < -0.4 is 15.8 Å². The van der Waals surface area contributed by atoms with E-state index < -0.39 is 5.60 Å². The van der Waals surface area contributed by atoms with Crippen LogP contribution in [0, 0.1) is 11.3 Å². The molecule has 1 aliphatic carbocycles. The molecule has 0 spiro atoms. The number of nitrogens with one attached hydrogen (secondary N) is 2. The summed E-state index contributed by atoms with van der Waals surface area (Å²) in [6.07, 6.45) is 6.23. The van der Waals surface area contributed by atoms with E-state index in [4.69, 9.17) is 20.6 Å². The van der Waals surface area contributed by atoms with Gasteiger partial charge in [0.2, 0.25) is 0 Å². The second kappa shape index (κ2) is 9.68. The van der Waals surface area contributed by atoms with Crippen molar-refractivity contribution in [1.82, 2.24) is 19.9 Å². The van der Waals surface area contributed by atoms with Gasteiger partial charge in [-0.1, -0.05) is 0 Å². The van der Waals surface area contributed by atoms with Crippen LogP contribution in [-0.4, -0.2) is 55.9 Å². The van der Waals surface area contributed by atoms with Gasteiger partial charge in [0.1, 0.15) is 35.1 Å². The predicted octanol–water partition coefficient (Wildman–Crippen LogP) is 4.47. The Balaban J connectivity index is 1.33. The van der Waals surface area contributed by atoms with Crippen LogP contribution in [0.3, 0.4) is 0 Å². The van der Waals surface area contributed by atoms with Gasteiger partial charge in [0.25, 0.3) is 0 Å². The Morgan fingerprint density at radius 3 is 2.46 bits per heavy atom. The Morgan fingerprint density at radius 1 is 1.08 bits per heavy atom. The van der Waals surface area contributed by atoms with Crippen molar-refractivity contribution < 1.29 is 14.3 Å². The fourth-order valence-electron chi connectivity index (χ4n) is 5.02. The Bertz CT molecular complexity index is 1290. The molecule has 3 unspecified atom stereocenters. The molecule has 1 aliphatic heterocycles. The summed E-state index contributed by atoms with van der Waals surface area (Å²) in [6, 6.07) is 10.7. The van der Waals surface area contributed by atoms with Gasteiger partial charge in [0, 0.05) is 30.5 Å². The molecule has 1 aromatic carbocycles. The number of rotatable bonds is 6. The minimum Gasteiger partial charge on any atom is -0.457 e. The Kier molecular flexibility index (Phi) is 6.41. The zero-order valence-corrected chi connectivity index (χ0v) is 21.1. The van der Waals surface area contributed by atoms with Gasteiger partial charge < -0.3 is 25.4 Å². The van der Waals surface area contributed by atoms with Crippen LogP contribution in [0.25, 0.3) is 0 Å². The van der Waals surface area contributed by atoms with E-state index in [9.17, 15) is 4.79 Å². The van der Waals surface area contributed by atoms with E-state index in [0.717, 1.165) is 12.8 Å². The maximum absolute atomic E-state index is 12.8. The maximum Gasteiger partial charge on any atom is 0.410 e. The highest BCUT2D eigenvalue weighted by atomic mass is 16.6. The van der Waals surface area contributed by atoms with Gasteiger partial charge in [0.05, 0.1) is 17.3 Å². The minimum absolute atomic E-state index is 0.0114. The molecule has 3 heterocycles. The fourth-order valence-corrected chi connectivity index (χ4v) is 5.02. The van der Waals surface area contributed by atoms with Crippen LogP contribution >= 0.6 is 0 Å². The van der Waals surface area contributed by atoms with E-state index in [1.807, 2.05) is 25.7 Å². The summed E-state index contributed by atoms with van der Waals surface area (Å²) in [5.74, 6) is 2.41. The van der Waals surface area contributed by atoms with Crippen molar-refractivity contribution in [2.45, 2.75) is 51.3 Å². The molecule has 2 fully saturated rings. The fraction of sp³-hybridized carbons (Fsp3) is 0.370. The zero-order valence-electron chi connectivity index (χ0n) is 21.1. The summed E-state index contributed by atoms with van der Waals surface area (Å²) >= 11 is 0. The molecule has 0 radical (unpaired) electrons. The number of carbonyl (C=O) groups is 1. The van der Waals surface area contributed by atoms with Gasteiger partial charge in [-0.3, -0.25) is 10.4 Å². The number of fused-ring (bicyclic) bond motifs is 2. The van der Waals surface area contributed by atoms with Gasteiger partial charge in [0.15, 0.2) is 0 Å². The Labute approximate surface area is 215 Å². The number of hydrogen-bond donors (Lipinski definition) is 3. The van der Waals surface area contributed by atoms with E-state index in [2.05, 4.69) is 20.3 Å². The first-order valence-electron chi connectivity index (χ1n) is 12.3. The summed E-state index contributed by atoms with van der Waals surface area (Å²) < 4.78 is 11.5. The second-order valence-electron chi connectivity index (χ2n) is 10.5. The Morgan fingerprint density at radius 2 is 1.78 bits per heavy atom. The highest BCUT2D eigenvalue weighted by Crippen LogP contribution is 2.40. The second-order valence-corrected chi connectivity index (χ2v) is 10.5. The lowest BCUT2D eigenvalue weighted by Crippen LogP contribution is -2.49. The van der Waals surface area contributed by atoms with E-state index in [0.29, 0.717) is 40.9 Å². The molecule has 5 rings (SSSR count). The van der Waals surface area contributed by atoms with Gasteiger partial charge >= 0.3 is 6.09 Å². The molecule has 3 aromatic rings. The average molecular weight is 502 g/mol. The number of likely N-dealkylation sites (tertiary alicyclic amines) is 1. The van der Waals surface area contributed by atoms with Crippen molar-refractivity contribution in [2.24, 2.45) is 5.92 Å². The highest BCUT2D eigenvalue weighted by molar-refractivity contribution is 6.16. The molecule has 1 saturated heterocycles. The average Bonchev–Trinajstić information content (AvgIpc) is 3.45. The molecule has 1 saturated carbocycles. The summed E-state index contributed by atoms with van der Waals surface area (Å²) in [5, 5.41) is 12.4. The number of pyridine rings is 1. The number of nitrogen functional groups attached to an aromatic ring is 1. The predicted molar refractivity (Wildman–Crippen MR) is 140 cm³/mol. The number of carbonyl (C=O) groups excluding carboxylic acids is 1. The molecule has 10 heteroatoms. The van der Waals surface area contributed by atoms with Crippen LogP contribution in [-0.2, 0) is 4.74 Å². The van der Waals surface area contributed by atoms with E-state index in [1.165, 1.54) is 6.33 Å². The molecule has 37 heavy (non-hydrogen) atoms. The van der Waals surface area contributed by atoms with Gasteiger partial charge in [-0.15, -0.1) is 0 Å². The number of nitrogens with zero attached hydrogens (tertiary/aromatic N) is 4. The molecule has 2 aliphatic rings. The van der Waals surface area contributed by atoms with Crippen molar-refractivity contribution in [3.8, 4) is 11.5 Å². The topological polar surface area (TPSA) is 139 Å². The van der Waals surface area contributed by atoms with Crippen LogP contribution in [0.4, 0.5) is 16.4 Å². The lowest BCUT2D eigenvalue weighted by Gasteiger charge is -2.35. The van der Waals surface area contributed by atoms with Gasteiger partial charge in [-0.05, 0) is 75.9 Å². The molecule has 3 atom stereocenters. The highest BCUT2D eigenvalue weighted by Gasteiger charge is 2.48. The number of aromatic nitrogens is 3. The van der Waals surface area contributed by atoms with Crippen molar-refractivity contribution in [2.75, 3.05) is 17.6 Å². The number of amides is 1. The molecule has 2 bridgehead atoms. The molecular formula is C27H31N7O3. The van der Waals surface area contributed by atoms with Crippen LogP contribution in [0.5, 0.6) is 11.5 Å². The quantitative estimate of drug-likeness (QED) is 0.420. The van der Waals surface area contributed by atoms with Crippen LogP contribution in [0.1, 0.15) is 44.7 Å². The number of hydrogen-bond acceptors (Lipinski definition) is 9. The normalized spacial score (nSPS) is 20.5. The molecule has 192 valence electrons. The lowest BCUT2D eigenvalue weighted by atomic mass is 10.0. The SMILES string of the molecule is CC(C)(C)OC(=O)N1CC2CC(Nc3ncnc(N)c3C(=N)c3ccc(Oc4ccncc4)cc3)C1C2. The van der Waals surface area contributed by atoms with E-state index >= 15 is 0 Å². The monoisotopic (exact) mass is 501 g/mol.